The molecule has 1 atom stereocenters. The molecule has 25 heavy (non-hydrogen) atoms. The molecule has 2 heterocycles. The van der Waals surface area contributed by atoms with Gasteiger partial charge in [0.05, 0.1) is 6.04 Å². The molecule has 1 unspecified atom stereocenters. The molecule has 3 aromatic rings. The molecular weight excluding hydrogens is 338 g/mol. The zero-order valence-electron chi connectivity index (χ0n) is 12.8. The molecule has 1 fully saturated rings. The van der Waals surface area contributed by atoms with Crippen LogP contribution < -0.4 is 5.32 Å². The van der Waals surface area contributed by atoms with Gasteiger partial charge in [0.15, 0.2) is 5.65 Å². The molecule has 0 saturated heterocycles. The van der Waals surface area contributed by atoms with E-state index in [1.807, 2.05) is 0 Å². The molecule has 1 saturated carbocycles. The first kappa shape index (κ1) is 15.8. The highest BCUT2D eigenvalue weighted by Crippen LogP contribution is 2.43. The predicted octanol–water partition coefficient (Wildman–Crippen LogP) is 3.90. The van der Waals surface area contributed by atoms with E-state index in [4.69, 9.17) is 0 Å². The Morgan fingerprint density at radius 2 is 1.88 bits per heavy atom. The highest BCUT2D eigenvalue weighted by atomic mass is 19.3. The largest absolute Gasteiger partial charge is 0.361 e. The summed E-state index contributed by atoms with van der Waals surface area (Å²) in [4.78, 5) is 0. The second-order valence-corrected chi connectivity index (χ2v) is 5.97. The summed E-state index contributed by atoms with van der Waals surface area (Å²) < 4.78 is 54.5. The molecule has 0 spiro atoms. The fraction of sp³-hybridized carbons (Fsp3) is 0.312. The molecule has 9 heteroatoms. The summed E-state index contributed by atoms with van der Waals surface area (Å²) >= 11 is 0. The lowest BCUT2D eigenvalue weighted by atomic mass is 10.0. The highest BCUT2D eigenvalue weighted by molar-refractivity contribution is 5.46. The minimum absolute atomic E-state index is 0.129. The van der Waals surface area contributed by atoms with E-state index in [1.54, 1.807) is 6.07 Å². The Kier molecular flexibility index (Phi) is 3.78. The predicted molar refractivity (Wildman–Crippen MR) is 81.2 cm³/mol. The van der Waals surface area contributed by atoms with Gasteiger partial charge in [0, 0.05) is 5.56 Å². The van der Waals surface area contributed by atoms with Gasteiger partial charge >= 0.3 is 0 Å². The second-order valence-electron chi connectivity index (χ2n) is 5.97. The Labute approximate surface area is 139 Å². The first-order valence-electron chi connectivity index (χ1n) is 7.75. The van der Waals surface area contributed by atoms with Crippen molar-refractivity contribution in [2.45, 2.75) is 25.3 Å². The van der Waals surface area contributed by atoms with Crippen molar-refractivity contribution < 1.29 is 17.6 Å². The second kappa shape index (κ2) is 5.98. The van der Waals surface area contributed by atoms with Crippen LogP contribution in [0, 0.1) is 17.6 Å². The molecule has 0 amide bonds. The molecule has 1 N–H and O–H groups in total. The Hall–Kier alpha value is -2.71. The fourth-order valence-corrected chi connectivity index (χ4v) is 2.81. The van der Waals surface area contributed by atoms with Crippen LogP contribution in [0.1, 0.15) is 36.7 Å². The Balaban J connectivity index is 1.70. The minimum Gasteiger partial charge on any atom is -0.361 e. The summed E-state index contributed by atoms with van der Waals surface area (Å²) in [6.07, 6.45) is -1.09. The van der Waals surface area contributed by atoms with Crippen LogP contribution in [-0.2, 0) is 0 Å². The van der Waals surface area contributed by atoms with Gasteiger partial charge in [-0.3, -0.25) is 0 Å². The number of rotatable bonds is 5. The smallest absolute Gasteiger partial charge is 0.299 e. The van der Waals surface area contributed by atoms with Gasteiger partial charge in [0.1, 0.15) is 17.5 Å². The lowest BCUT2D eigenvalue weighted by Crippen LogP contribution is -2.16. The molecule has 4 rings (SSSR count). The summed E-state index contributed by atoms with van der Waals surface area (Å²) in [6, 6.07) is 5.82. The van der Waals surface area contributed by atoms with Crippen molar-refractivity contribution in [2.75, 3.05) is 5.32 Å². The van der Waals surface area contributed by atoms with E-state index in [-0.39, 0.29) is 22.9 Å². The van der Waals surface area contributed by atoms with Gasteiger partial charge in [-0.25, -0.2) is 17.6 Å². The Bertz CT molecular complexity index is 922. The first-order chi connectivity index (χ1) is 12.0. The summed E-state index contributed by atoms with van der Waals surface area (Å²) in [5.41, 5.74) is 0.378. The third-order valence-corrected chi connectivity index (χ3v) is 4.17. The zero-order chi connectivity index (χ0) is 17.6. The number of hydrogen-bond donors (Lipinski definition) is 1. The minimum atomic E-state index is -2.82. The van der Waals surface area contributed by atoms with Gasteiger partial charge in [-0.2, -0.15) is 4.52 Å². The number of nitrogens with one attached hydrogen (secondary N) is 1. The molecule has 0 radical (unpaired) electrons. The van der Waals surface area contributed by atoms with Crippen molar-refractivity contribution in [3.8, 4) is 0 Å². The van der Waals surface area contributed by atoms with E-state index in [2.05, 4.69) is 20.6 Å². The van der Waals surface area contributed by atoms with Crippen LogP contribution in [0.5, 0.6) is 0 Å². The molecule has 0 aliphatic heterocycles. The maximum absolute atomic E-state index is 14.1. The van der Waals surface area contributed by atoms with Crippen LogP contribution in [0.3, 0.4) is 0 Å². The average Bonchev–Trinajstić information content (AvgIpc) is 3.33. The number of nitrogens with zero attached hydrogens (tertiary/aromatic N) is 4. The topological polar surface area (TPSA) is 55.1 Å². The Morgan fingerprint density at radius 3 is 2.60 bits per heavy atom. The van der Waals surface area contributed by atoms with Gasteiger partial charge in [-0.1, -0.05) is 0 Å². The van der Waals surface area contributed by atoms with Crippen LogP contribution in [-0.4, -0.2) is 19.8 Å². The van der Waals surface area contributed by atoms with Crippen molar-refractivity contribution in [3.63, 3.8) is 0 Å². The summed E-state index contributed by atoms with van der Waals surface area (Å²) in [6.45, 7) is 0. The van der Waals surface area contributed by atoms with Crippen LogP contribution in [0.4, 0.5) is 23.4 Å². The number of hydrogen-bond acceptors (Lipinski definition) is 4. The van der Waals surface area contributed by atoms with Gasteiger partial charge < -0.3 is 5.32 Å². The molecule has 0 bridgehead atoms. The van der Waals surface area contributed by atoms with Gasteiger partial charge in [-0.05, 0) is 49.1 Å². The summed E-state index contributed by atoms with van der Waals surface area (Å²) in [5.74, 6) is -1.24. The first-order valence-corrected chi connectivity index (χ1v) is 7.75. The maximum Gasteiger partial charge on any atom is 0.299 e. The van der Waals surface area contributed by atoms with Crippen LogP contribution >= 0.6 is 0 Å². The fourth-order valence-electron chi connectivity index (χ4n) is 2.81. The number of halogens is 4. The van der Waals surface area contributed by atoms with Crippen molar-refractivity contribution in [1.82, 2.24) is 19.8 Å². The summed E-state index contributed by atoms with van der Waals surface area (Å²) in [7, 11) is 0. The van der Waals surface area contributed by atoms with E-state index >= 15 is 0 Å². The molecule has 2 aromatic heterocycles. The van der Waals surface area contributed by atoms with Crippen molar-refractivity contribution in [3.05, 3.63) is 53.4 Å². The molecule has 1 aliphatic rings. The van der Waals surface area contributed by atoms with Crippen molar-refractivity contribution in [2.24, 2.45) is 5.92 Å². The van der Waals surface area contributed by atoms with Crippen LogP contribution in [0.25, 0.3) is 5.65 Å². The molecule has 130 valence electrons. The number of anilines is 1. The standard InChI is InChI=1S/C16H13F4N5/c17-9-3-4-11(18)10(7-9)14(8-1-2-8)21-12-5-6-13-22-23-16(15(19)20)25(13)24-12/h3-8,14-15H,1-2H2,(H,21,24). The van der Waals surface area contributed by atoms with E-state index < -0.39 is 29.9 Å². The zero-order valence-corrected chi connectivity index (χ0v) is 12.8. The quantitative estimate of drug-likeness (QED) is 0.709. The van der Waals surface area contributed by atoms with E-state index in [9.17, 15) is 17.6 Å². The SMILES string of the molecule is Fc1ccc(F)c(C(Nc2ccc3nnc(C(F)F)n3n2)C2CC2)c1. The number of alkyl halides is 2. The van der Waals surface area contributed by atoms with Gasteiger partial charge in [0.25, 0.3) is 6.43 Å². The molecule has 1 aliphatic carbocycles. The highest BCUT2D eigenvalue weighted by Gasteiger charge is 2.34. The summed E-state index contributed by atoms with van der Waals surface area (Å²) in [5, 5.41) is 14.1. The molecule has 1 aromatic carbocycles. The number of benzene rings is 1. The number of fused-ring (bicyclic) bond motifs is 1. The van der Waals surface area contributed by atoms with Crippen molar-refractivity contribution >= 4 is 11.5 Å². The van der Waals surface area contributed by atoms with Crippen LogP contribution in [0.15, 0.2) is 30.3 Å². The van der Waals surface area contributed by atoms with Gasteiger partial charge in [0.2, 0.25) is 5.82 Å². The lowest BCUT2D eigenvalue weighted by Gasteiger charge is -2.20. The van der Waals surface area contributed by atoms with Gasteiger partial charge in [-0.15, -0.1) is 15.3 Å². The van der Waals surface area contributed by atoms with Crippen LogP contribution in [0.2, 0.25) is 0 Å². The lowest BCUT2D eigenvalue weighted by molar-refractivity contribution is 0.137. The maximum atomic E-state index is 14.1. The van der Waals surface area contributed by atoms with E-state index in [0.29, 0.717) is 0 Å². The van der Waals surface area contributed by atoms with E-state index in [0.717, 1.165) is 35.6 Å². The molecular formula is C16H13F4N5. The van der Waals surface area contributed by atoms with E-state index in [1.165, 1.54) is 6.07 Å². The van der Waals surface area contributed by atoms with Crippen molar-refractivity contribution in [1.29, 1.82) is 0 Å². The normalized spacial score (nSPS) is 15.7. The third kappa shape index (κ3) is 3.01. The average molecular weight is 351 g/mol. The Morgan fingerprint density at radius 1 is 1.08 bits per heavy atom. The monoisotopic (exact) mass is 351 g/mol. The molecule has 5 nitrogen and oxygen atoms in total. The third-order valence-electron chi connectivity index (χ3n) is 4.17. The number of aromatic nitrogens is 4.